The minimum Gasteiger partial charge on any atom is -0.182 e. The predicted octanol–water partition coefficient (Wildman–Crippen LogP) is -0.186. The molecule has 0 spiro atoms. The lowest BCUT2D eigenvalue weighted by Crippen LogP contribution is -2.60. The predicted molar refractivity (Wildman–Crippen MR) is 55.6 cm³/mol. The monoisotopic (exact) mass is 280 g/mol. The third kappa shape index (κ3) is 2.38. The van der Waals surface area contributed by atoms with Crippen LogP contribution in [0.4, 0.5) is 0 Å². The molecule has 1 unspecified atom stereocenters. The maximum atomic E-state index is 10.6. The molecule has 4 nitrogen and oxygen atoms in total. The molecule has 0 saturated carbocycles. The zero-order valence-corrected chi connectivity index (χ0v) is 10.9. The molecule has 0 fully saturated rings. The fraction of sp³-hybridized carbons (Fsp3) is 0.222. The molecule has 1 atom stereocenters. The van der Waals surface area contributed by atoms with Crippen molar-refractivity contribution in [1.29, 1.82) is 0 Å². The first kappa shape index (κ1) is 12.3. The van der Waals surface area contributed by atoms with E-state index in [1.165, 1.54) is 11.3 Å². The van der Waals surface area contributed by atoms with Crippen LogP contribution >= 0.6 is 22.1 Å². The van der Waals surface area contributed by atoms with E-state index in [-0.39, 0.29) is 0 Å². The number of thiophene rings is 1. The second kappa shape index (κ2) is 4.23. The summed E-state index contributed by atoms with van der Waals surface area (Å²) < 4.78 is 37.3. The Labute approximate surface area is 102 Å². The second-order valence-electron chi connectivity index (χ2n) is 3.27. The molecule has 0 aliphatic carbocycles. The number of hydrogen-bond donors (Lipinski definition) is 0. The lowest BCUT2D eigenvalue weighted by Gasteiger charge is -2.17. The summed E-state index contributed by atoms with van der Waals surface area (Å²) in [4.78, 5) is 0.749. The van der Waals surface area contributed by atoms with Crippen LogP contribution in [0.1, 0.15) is 19.4 Å². The van der Waals surface area contributed by atoms with E-state index in [1.54, 1.807) is 6.92 Å². The van der Waals surface area contributed by atoms with Gasteiger partial charge in [-0.1, -0.05) is 0 Å². The second-order valence-corrected chi connectivity index (χ2v) is 7.29. The minimum atomic E-state index is -4.40. The van der Waals surface area contributed by atoms with Gasteiger partial charge in [0, 0.05) is 10.4 Å². The highest BCUT2D eigenvalue weighted by molar-refractivity contribution is 8.13. The standard InChI is InChI=1S/C9H9ClO4S2/c1-6-5-7(2)16(14-10(11,12)13)9-8(6)3-4-15-9/h3-5H,1-2H3. The van der Waals surface area contributed by atoms with E-state index in [9.17, 15) is 14.0 Å². The zero-order valence-electron chi connectivity index (χ0n) is 8.56. The fourth-order valence-electron chi connectivity index (χ4n) is 1.47. The average molecular weight is 281 g/mol. The van der Waals surface area contributed by atoms with Gasteiger partial charge in [-0.2, -0.15) is 14.0 Å². The maximum absolute atomic E-state index is 10.6. The Morgan fingerprint density at radius 3 is 2.62 bits per heavy atom. The molecule has 1 aromatic rings. The highest BCUT2D eigenvalue weighted by Gasteiger charge is 2.30. The number of allylic oxidation sites excluding steroid dienone is 2. The van der Waals surface area contributed by atoms with Crippen molar-refractivity contribution >= 4 is 32.5 Å². The first-order valence-corrected chi connectivity index (χ1v) is 7.60. The van der Waals surface area contributed by atoms with Crippen LogP contribution in [-0.4, -0.2) is 4.86 Å². The summed E-state index contributed by atoms with van der Waals surface area (Å²) in [6.45, 7) is 3.70. The smallest absolute Gasteiger partial charge is 0.153 e. The van der Waals surface area contributed by atoms with E-state index in [1.807, 2.05) is 24.4 Å². The quantitative estimate of drug-likeness (QED) is 0.704. The first-order valence-electron chi connectivity index (χ1n) is 4.33. The maximum Gasteiger partial charge on any atom is 0.153 e. The molecule has 1 aliphatic rings. The number of halogens is 1. The van der Waals surface area contributed by atoms with Crippen LogP contribution in [0.2, 0.25) is 0 Å². The first-order chi connectivity index (χ1) is 7.38. The topological polar surface area (TPSA) is 78.4 Å². The van der Waals surface area contributed by atoms with Crippen LogP contribution in [0.25, 0.3) is 5.57 Å². The summed E-state index contributed by atoms with van der Waals surface area (Å²) in [6.07, 6.45) is 1.85. The van der Waals surface area contributed by atoms with E-state index in [0.717, 1.165) is 20.2 Å². The molecule has 0 saturated heterocycles. The van der Waals surface area contributed by atoms with Crippen LogP contribution in [-0.2, 0) is 3.74 Å². The van der Waals surface area contributed by atoms with Gasteiger partial charge in [-0.3, -0.25) is 0 Å². The van der Waals surface area contributed by atoms with Gasteiger partial charge in [-0.15, -0.1) is 11.3 Å². The van der Waals surface area contributed by atoms with E-state index in [2.05, 4.69) is 3.74 Å². The lowest BCUT2D eigenvalue weighted by molar-refractivity contribution is -1.91. The summed E-state index contributed by atoms with van der Waals surface area (Å²) in [5.74, 6) is 0. The average Bonchev–Trinajstić information content (AvgIpc) is 2.59. The summed E-state index contributed by atoms with van der Waals surface area (Å²) in [7, 11) is -5.48. The van der Waals surface area contributed by atoms with Crippen LogP contribution < -0.4 is 14.0 Å². The van der Waals surface area contributed by atoms with Gasteiger partial charge in [0.2, 0.25) is 0 Å². The highest BCUT2D eigenvalue weighted by Crippen LogP contribution is 2.44. The van der Waals surface area contributed by atoms with E-state index in [0.29, 0.717) is 0 Å². The molecular formula is C9H9ClO4S2. The molecule has 2 rings (SSSR count). The molecule has 16 heavy (non-hydrogen) atoms. The lowest BCUT2D eigenvalue weighted by atomic mass is 10.1. The Morgan fingerprint density at radius 1 is 1.31 bits per heavy atom. The Bertz CT molecular complexity index is 484. The van der Waals surface area contributed by atoms with Gasteiger partial charge in [0.1, 0.15) is 7.94 Å². The highest BCUT2D eigenvalue weighted by atomic mass is 35.7. The van der Waals surface area contributed by atoms with Gasteiger partial charge in [0.05, 0.1) is 10.2 Å². The largest absolute Gasteiger partial charge is 0.182 e. The van der Waals surface area contributed by atoms with Gasteiger partial charge in [-0.25, -0.2) is 0 Å². The van der Waals surface area contributed by atoms with Gasteiger partial charge < -0.3 is 0 Å². The normalized spacial score (nSPS) is 20.7. The van der Waals surface area contributed by atoms with Gasteiger partial charge in [-0.05, 0) is 36.9 Å². The Kier molecular flexibility index (Phi) is 3.24. The van der Waals surface area contributed by atoms with Crippen LogP contribution in [0, 0.1) is 10.2 Å². The third-order valence-electron chi connectivity index (χ3n) is 2.08. The summed E-state index contributed by atoms with van der Waals surface area (Å²) in [6, 6.07) is 1.90. The van der Waals surface area contributed by atoms with Crippen molar-refractivity contribution in [1.82, 2.24) is 0 Å². The number of fused-ring (bicyclic) bond motifs is 1. The Balaban J connectivity index is 2.49. The van der Waals surface area contributed by atoms with Crippen molar-refractivity contribution in [3.8, 4) is 0 Å². The summed E-state index contributed by atoms with van der Waals surface area (Å²) >= 11 is 1.40. The van der Waals surface area contributed by atoms with Crippen LogP contribution in [0.3, 0.4) is 0 Å². The minimum absolute atomic E-state index is 0.749. The molecule has 2 heterocycles. The molecule has 0 N–H and O–H groups in total. The molecule has 1 aliphatic heterocycles. The van der Waals surface area contributed by atoms with Crippen molar-refractivity contribution in [2.24, 2.45) is 0 Å². The fourth-order valence-corrected chi connectivity index (χ4v) is 5.54. The molecule has 0 radical (unpaired) electrons. The Morgan fingerprint density at radius 2 is 2.00 bits per heavy atom. The van der Waals surface area contributed by atoms with Crippen molar-refractivity contribution in [2.45, 2.75) is 18.1 Å². The van der Waals surface area contributed by atoms with E-state index >= 15 is 0 Å². The van der Waals surface area contributed by atoms with E-state index < -0.39 is 21.0 Å². The molecule has 7 heteroatoms. The van der Waals surface area contributed by atoms with Crippen molar-refractivity contribution < 1.29 is 28.0 Å². The van der Waals surface area contributed by atoms with Gasteiger partial charge >= 0.3 is 0 Å². The summed E-state index contributed by atoms with van der Waals surface area (Å²) in [5, 5.41) is 1.86. The van der Waals surface area contributed by atoms with Gasteiger partial charge in [0.15, 0.2) is 10.8 Å². The third-order valence-corrected chi connectivity index (χ3v) is 5.90. The van der Waals surface area contributed by atoms with Crippen molar-refractivity contribution in [2.75, 3.05) is 0 Å². The molecule has 0 bridgehead atoms. The van der Waals surface area contributed by atoms with Gasteiger partial charge in [0.25, 0.3) is 0 Å². The van der Waals surface area contributed by atoms with E-state index in [4.69, 9.17) is 0 Å². The van der Waals surface area contributed by atoms with Crippen molar-refractivity contribution in [3.05, 3.63) is 23.1 Å². The zero-order chi connectivity index (χ0) is 11.9. The molecule has 1 aromatic heterocycles. The molecule has 88 valence electrons. The van der Waals surface area contributed by atoms with Crippen molar-refractivity contribution in [3.63, 3.8) is 0 Å². The van der Waals surface area contributed by atoms with Crippen LogP contribution in [0.5, 0.6) is 0 Å². The van der Waals surface area contributed by atoms with Crippen LogP contribution in [0.15, 0.2) is 21.7 Å². The SMILES string of the molecule is CC1=CC(C)=S(O[Cl+3]([O-])([O-])[O-])c2sccc21. The summed E-state index contributed by atoms with van der Waals surface area (Å²) in [5.41, 5.74) is 2.01. The Hall–Kier alpha value is -0.210. The number of hydrogen-bond acceptors (Lipinski definition) is 5. The molecule has 0 amide bonds. The molecule has 0 aromatic carbocycles. The number of rotatable bonds is 2. The molecular weight excluding hydrogens is 272 g/mol.